The minimum Gasteiger partial charge on any atom is -0.390 e. The molecule has 7 rings (SSSR count). The second kappa shape index (κ2) is 9.28. The Morgan fingerprint density at radius 3 is 2.46 bits per heavy atom. The minimum atomic E-state index is -0.504. The molecule has 4 saturated carbocycles. The van der Waals surface area contributed by atoms with Crippen molar-refractivity contribution in [3.8, 4) is 0 Å². The monoisotopic (exact) mass is 504 g/mol. The van der Waals surface area contributed by atoms with Gasteiger partial charge in [-0.3, -0.25) is 9.59 Å². The largest absolute Gasteiger partial charge is 0.390 e. The molecule has 196 valence electrons. The van der Waals surface area contributed by atoms with Crippen LogP contribution in [0.4, 0.5) is 11.6 Å². The molecule has 5 aliphatic rings. The molecule has 2 unspecified atom stereocenters. The number of rotatable bonds is 5. The van der Waals surface area contributed by atoms with E-state index in [1.165, 1.54) is 0 Å². The van der Waals surface area contributed by atoms with E-state index in [4.69, 9.17) is 4.98 Å². The van der Waals surface area contributed by atoms with Crippen LogP contribution < -0.4 is 20.4 Å². The fourth-order valence-corrected chi connectivity index (χ4v) is 7.51. The topological polar surface area (TPSA) is 111 Å². The van der Waals surface area contributed by atoms with Crippen molar-refractivity contribution < 1.29 is 14.7 Å². The van der Waals surface area contributed by atoms with Crippen LogP contribution in [-0.4, -0.2) is 71.3 Å². The predicted molar refractivity (Wildman–Crippen MR) is 141 cm³/mol. The van der Waals surface area contributed by atoms with Crippen LogP contribution in [0.15, 0.2) is 36.5 Å². The molecule has 3 heterocycles. The molecule has 0 radical (unpaired) electrons. The second-order valence-electron chi connectivity index (χ2n) is 11.5. The summed E-state index contributed by atoms with van der Waals surface area (Å²) in [5.74, 6) is 2.75. The van der Waals surface area contributed by atoms with Crippen LogP contribution in [0.3, 0.4) is 0 Å². The molecule has 1 saturated heterocycles. The summed E-state index contributed by atoms with van der Waals surface area (Å²) >= 11 is 0. The first-order chi connectivity index (χ1) is 17.8. The zero-order valence-corrected chi connectivity index (χ0v) is 21.6. The number of pyridine rings is 2. The SMILES string of the molecule is CNC(=O)c1ccc(N2CCN(c3cccc(C(=O)NC4C5CC6CC4CC(O)(C6)C5)n3)[C@H](C)C2)nc1. The van der Waals surface area contributed by atoms with Gasteiger partial charge in [-0.2, -0.15) is 0 Å². The Hall–Kier alpha value is -3.20. The van der Waals surface area contributed by atoms with E-state index < -0.39 is 5.60 Å². The van der Waals surface area contributed by atoms with Crippen LogP contribution in [-0.2, 0) is 0 Å². The van der Waals surface area contributed by atoms with Gasteiger partial charge in [0.15, 0.2) is 0 Å². The van der Waals surface area contributed by atoms with Crippen molar-refractivity contribution in [2.45, 2.75) is 56.7 Å². The number of carbonyl (C=O) groups excluding carboxylic acids is 2. The zero-order chi connectivity index (χ0) is 25.7. The fourth-order valence-electron chi connectivity index (χ4n) is 7.51. The van der Waals surface area contributed by atoms with Crippen LogP contribution in [0.25, 0.3) is 0 Å². The molecule has 37 heavy (non-hydrogen) atoms. The minimum absolute atomic E-state index is 0.113. The Balaban J connectivity index is 1.10. The van der Waals surface area contributed by atoms with Gasteiger partial charge in [-0.15, -0.1) is 0 Å². The summed E-state index contributed by atoms with van der Waals surface area (Å²) in [5, 5.41) is 16.8. The lowest BCUT2D eigenvalue weighted by Crippen LogP contribution is -2.61. The number of hydrogen-bond acceptors (Lipinski definition) is 7. The van der Waals surface area contributed by atoms with Crippen LogP contribution >= 0.6 is 0 Å². The molecule has 9 heteroatoms. The fraction of sp³-hybridized carbons (Fsp3) is 0.571. The first kappa shape index (κ1) is 24.2. The third kappa shape index (κ3) is 4.54. The van der Waals surface area contributed by atoms with Gasteiger partial charge in [-0.1, -0.05) is 6.07 Å². The Bertz CT molecular complexity index is 1170. The maximum absolute atomic E-state index is 13.3. The lowest BCUT2D eigenvalue weighted by atomic mass is 9.52. The van der Waals surface area contributed by atoms with Crippen molar-refractivity contribution in [1.29, 1.82) is 0 Å². The van der Waals surface area contributed by atoms with Crippen LogP contribution in [0, 0.1) is 17.8 Å². The molecule has 2 amide bonds. The van der Waals surface area contributed by atoms with Crippen molar-refractivity contribution >= 4 is 23.5 Å². The molecule has 0 aromatic carbocycles. The van der Waals surface area contributed by atoms with E-state index in [2.05, 4.69) is 32.3 Å². The van der Waals surface area contributed by atoms with Crippen molar-refractivity contribution in [3.05, 3.63) is 47.8 Å². The number of nitrogens with one attached hydrogen (secondary N) is 2. The van der Waals surface area contributed by atoms with Gasteiger partial charge in [0, 0.05) is 45.0 Å². The second-order valence-corrected chi connectivity index (χ2v) is 11.5. The summed E-state index contributed by atoms with van der Waals surface area (Å²) in [7, 11) is 1.61. The molecule has 1 aliphatic heterocycles. The van der Waals surface area contributed by atoms with Gasteiger partial charge >= 0.3 is 0 Å². The van der Waals surface area contributed by atoms with Gasteiger partial charge < -0.3 is 25.5 Å². The van der Waals surface area contributed by atoms with Gasteiger partial charge in [-0.25, -0.2) is 9.97 Å². The number of aliphatic hydroxyl groups is 1. The third-order valence-electron chi connectivity index (χ3n) is 8.99. The van der Waals surface area contributed by atoms with Gasteiger partial charge in [0.05, 0.1) is 11.2 Å². The molecule has 0 spiro atoms. The van der Waals surface area contributed by atoms with Crippen molar-refractivity contribution in [3.63, 3.8) is 0 Å². The average molecular weight is 505 g/mol. The Kier molecular flexibility index (Phi) is 6.06. The molecule has 2 aromatic heterocycles. The highest BCUT2D eigenvalue weighted by molar-refractivity contribution is 5.94. The molecule has 2 aromatic rings. The molecule has 4 bridgehead atoms. The van der Waals surface area contributed by atoms with E-state index in [-0.39, 0.29) is 23.9 Å². The highest BCUT2D eigenvalue weighted by Gasteiger charge is 2.55. The lowest BCUT2D eigenvalue weighted by Gasteiger charge is -2.58. The molecule has 9 nitrogen and oxygen atoms in total. The summed E-state index contributed by atoms with van der Waals surface area (Å²) in [6, 6.07) is 9.67. The van der Waals surface area contributed by atoms with Crippen LogP contribution in [0.1, 0.15) is 59.9 Å². The summed E-state index contributed by atoms with van der Waals surface area (Å²) in [6.45, 7) is 4.44. The highest BCUT2D eigenvalue weighted by Crippen LogP contribution is 2.55. The van der Waals surface area contributed by atoms with Gasteiger partial charge in [0.2, 0.25) is 0 Å². The van der Waals surface area contributed by atoms with E-state index in [0.29, 0.717) is 29.0 Å². The normalized spacial score (nSPS) is 32.4. The van der Waals surface area contributed by atoms with E-state index in [1.807, 2.05) is 18.2 Å². The van der Waals surface area contributed by atoms with Gasteiger partial charge in [0.25, 0.3) is 11.8 Å². The molecular weight excluding hydrogens is 468 g/mol. The smallest absolute Gasteiger partial charge is 0.270 e. The number of nitrogens with zero attached hydrogens (tertiary/aromatic N) is 4. The number of hydrogen-bond donors (Lipinski definition) is 3. The number of piperazine rings is 1. The lowest BCUT2D eigenvalue weighted by molar-refractivity contribution is -0.136. The summed E-state index contributed by atoms with van der Waals surface area (Å²) < 4.78 is 0. The van der Waals surface area contributed by atoms with Crippen molar-refractivity contribution in [1.82, 2.24) is 20.6 Å². The number of aromatic nitrogens is 2. The molecule has 3 N–H and O–H groups in total. The van der Waals surface area contributed by atoms with Crippen LogP contribution in [0.5, 0.6) is 0 Å². The van der Waals surface area contributed by atoms with E-state index in [0.717, 1.165) is 63.4 Å². The number of amides is 2. The summed E-state index contributed by atoms with van der Waals surface area (Å²) in [5.41, 5.74) is 0.489. The van der Waals surface area contributed by atoms with E-state index in [9.17, 15) is 14.7 Å². The quantitative estimate of drug-likeness (QED) is 0.573. The van der Waals surface area contributed by atoms with E-state index >= 15 is 0 Å². The standard InChI is InChI=1S/C28H36N6O3/c1-17-16-33(23-7-6-19(15-30-23)26(35)29-2)8-9-34(17)24-5-3-4-22(31-24)27(36)32-25-20-10-18-11-21(25)14-28(37,12-18)13-20/h3-7,15,17-18,20-21,25,37H,8-14,16H2,1-2H3,(H,29,35)(H,32,36)/t17-,18?,20?,21?,25?,28?/m1/s1. The third-order valence-corrected chi connectivity index (χ3v) is 8.99. The number of anilines is 2. The maximum atomic E-state index is 13.3. The molecular formula is C28H36N6O3. The first-order valence-electron chi connectivity index (χ1n) is 13.5. The van der Waals surface area contributed by atoms with Crippen LogP contribution in [0.2, 0.25) is 0 Å². The Morgan fingerprint density at radius 2 is 1.81 bits per heavy atom. The first-order valence-corrected chi connectivity index (χ1v) is 13.5. The highest BCUT2D eigenvalue weighted by atomic mass is 16.3. The maximum Gasteiger partial charge on any atom is 0.270 e. The zero-order valence-electron chi connectivity index (χ0n) is 21.6. The van der Waals surface area contributed by atoms with Crippen molar-refractivity contribution in [2.24, 2.45) is 17.8 Å². The average Bonchev–Trinajstić information content (AvgIpc) is 2.89. The molecule has 5 fully saturated rings. The van der Waals surface area contributed by atoms with Gasteiger partial charge in [-0.05, 0) is 81.0 Å². The summed E-state index contributed by atoms with van der Waals surface area (Å²) in [6.07, 6.45) is 6.39. The Morgan fingerprint density at radius 1 is 1.03 bits per heavy atom. The Labute approximate surface area is 217 Å². The predicted octanol–water partition coefficient (Wildman–Crippen LogP) is 2.22. The summed E-state index contributed by atoms with van der Waals surface area (Å²) in [4.78, 5) is 38.8. The van der Waals surface area contributed by atoms with E-state index in [1.54, 1.807) is 25.4 Å². The molecule has 4 aliphatic carbocycles. The van der Waals surface area contributed by atoms with Crippen molar-refractivity contribution in [2.75, 3.05) is 36.5 Å². The van der Waals surface area contributed by atoms with Gasteiger partial charge in [0.1, 0.15) is 17.3 Å². The number of carbonyl (C=O) groups is 2. The molecule has 3 atom stereocenters.